The molecule has 0 heterocycles. The first-order valence-corrected chi connectivity index (χ1v) is 6.27. The lowest BCUT2D eigenvalue weighted by atomic mass is 10.0. The summed E-state index contributed by atoms with van der Waals surface area (Å²) in [7, 11) is 0. The molecular formula is C13H12ClF2NO3. The summed E-state index contributed by atoms with van der Waals surface area (Å²) < 4.78 is 33.6. The Balaban J connectivity index is 3.14. The summed E-state index contributed by atoms with van der Waals surface area (Å²) in [5.74, 6) is -0.750. The summed E-state index contributed by atoms with van der Waals surface area (Å²) in [6.07, 6.45) is -0.124. The molecule has 0 saturated carbocycles. The van der Waals surface area contributed by atoms with Crippen LogP contribution in [-0.4, -0.2) is 19.2 Å². The molecule has 1 aromatic rings. The van der Waals surface area contributed by atoms with Crippen molar-refractivity contribution >= 4 is 17.6 Å². The standard InChI is InChI=1S/C13H12ClF2NO3/c1-2-19-12(18)5-8-4-11(20-13(15)16)10(7-17)3-9(8)6-14/h3-4,13H,2,5-6H2,1H3. The van der Waals surface area contributed by atoms with Crippen molar-refractivity contribution in [1.29, 1.82) is 5.26 Å². The van der Waals surface area contributed by atoms with Crippen molar-refractivity contribution < 1.29 is 23.0 Å². The normalized spacial score (nSPS) is 10.2. The number of alkyl halides is 3. The zero-order valence-electron chi connectivity index (χ0n) is 10.7. The minimum absolute atomic E-state index is 0.0401. The van der Waals surface area contributed by atoms with E-state index in [1.165, 1.54) is 12.1 Å². The number of esters is 1. The minimum atomic E-state index is -3.06. The van der Waals surface area contributed by atoms with Gasteiger partial charge >= 0.3 is 12.6 Å². The van der Waals surface area contributed by atoms with Gasteiger partial charge in [-0.3, -0.25) is 4.79 Å². The van der Waals surface area contributed by atoms with Crippen molar-refractivity contribution in [2.24, 2.45) is 0 Å². The molecule has 0 spiro atoms. The van der Waals surface area contributed by atoms with Gasteiger partial charge in [-0.25, -0.2) is 0 Å². The Bertz CT molecular complexity index is 529. The highest BCUT2D eigenvalue weighted by molar-refractivity contribution is 6.17. The summed E-state index contributed by atoms with van der Waals surface area (Å²) in [6.45, 7) is -1.18. The molecule has 108 valence electrons. The number of ether oxygens (including phenoxy) is 2. The van der Waals surface area contributed by atoms with Crippen LogP contribution in [0, 0.1) is 11.3 Å². The summed E-state index contributed by atoms with van der Waals surface area (Å²) in [4.78, 5) is 11.4. The Labute approximate surface area is 119 Å². The van der Waals surface area contributed by atoms with Crippen molar-refractivity contribution in [3.8, 4) is 11.8 Å². The van der Waals surface area contributed by atoms with Gasteiger partial charge in [0.15, 0.2) is 0 Å². The molecule has 0 unspecified atom stereocenters. The molecule has 1 aromatic carbocycles. The molecule has 0 aliphatic carbocycles. The van der Waals surface area contributed by atoms with E-state index in [1.807, 2.05) is 0 Å². The molecule has 0 amide bonds. The zero-order chi connectivity index (χ0) is 15.1. The molecule has 0 aliphatic heterocycles. The van der Waals surface area contributed by atoms with E-state index in [-0.39, 0.29) is 30.2 Å². The lowest BCUT2D eigenvalue weighted by molar-refractivity contribution is -0.142. The zero-order valence-corrected chi connectivity index (χ0v) is 11.4. The Morgan fingerprint density at radius 1 is 1.45 bits per heavy atom. The van der Waals surface area contributed by atoms with Crippen LogP contribution in [0.1, 0.15) is 23.6 Å². The summed E-state index contributed by atoms with van der Waals surface area (Å²) in [6, 6.07) is 4.30. The van der Waals surface area contributed by atoms with Gasteiger partial charge in [0.2, 0.25) is 0 Å². The SMILES string of the molecule is CCOC(=O)Cc1cc(OC(F)F)c(C#N)cc1CCl. The average Bonchev–Trinajstić information content (AvgIpc) is 2.38. The maximum atomic E-state index is 12.3. The fourth-order valence-corrected chi connectivity index (χ4v) is 1.85. The molecule has 0 bridgehead atoms. The second kappa shape index (κ2) is 7.65. The molecule has 1 rings (SSSR count). The van der Waals surface area contributed by atoms with E-state index >= 15 is 0 Å². The van der Waals surface area contributed by atoms with Gasteiger partial charge in [0, 0.05) is 5.88 Å². The molecule has 0 aromatic heterocycles. The highest BCUT2D eigenvalue weighted by Crippen LogP contribution is 2.26. The molecule has 4 nitrogen and oxygen atoms in total. The van der Waals surface area contributed by atoms with Gasteiger partial charge in [0.1, 0.15) is 11.8 Å². The van der Waals surface area contributed by atoms with Gasteiger partial charge < -0.3 is 9.47 Å². The van der Waals surface area contributed by atoms with Crippen LogP contribution in [-0.2, 0) is 21.8 Å². The predicted octanol–water partition coefficient (Wildman–Crippen LogP) is 3.00. The molecule has 0 aliphatic rings. The lowest BCUT2D eigenvalue weighted by Crippen LogP contribution is -2.11. The first kappa shape index (κ1) is 16.2. The van der Waals surface area contributed by atoms with Crippen molar-refractivity contribution in [3.05, 3.63) is 28.8 Å². The molecule has 0 radical (unpaired) electrons. The number of benzene rings is 1. The fraction of sp³-hybridized carbons (Fsp3) is 0.385. The van der Waals surface area contributed by atoms with E-state index in [0.717, 1.165) is 0 Å². The molecule has 0 atom stereocenters. The van der Waals surface area contributed by atoms with Crippen LogP contribution >= 0.6 is 11.6 Å². The van der Waals surface area contributed by atoms with Gasteiger partial charge in [-0.2, -0.15) is 14.0 Å². The van der Waals surface area contributed by atoms with Crippen LogP contribution in [0.4, 0.5) is 8.78 Å². The van der Waals surface area contributed by atoms with Crippen molar-refractivity contribution in [3.63, 3.8) is 0 Å². The monoisotopic (exact) mass is 303 g/mol. The van der Waals surface area contributed by atoms with E-state index in [0.29, 0.717) is 11.1 Å². The van der Waals surface area contributed by atoms with Crippen LogP contribution in [0.2, 0.25) is 0 Å². The average molecular weight is 304 g/mol. The Morgan fingerprint density at radius 3 is 2.65 bits per heavy atom. The summed E-state index contributed by atoms with van der Waals surface area (Å²) in [5.41, 5.74) is 0.833. The summed E-state index contributed by atoms with van der Waals surface area (Å²) in [5, 5.41) is 8.90. The number of halogens is 3. The molecular weight excluding hydrogens is 292 g/mol. The highest BCUT2D eigenvalue weighted by Gasteiger charge is 2.16. The molecule has 7 heteroatoms. The predicted molar refractivity (Wildman–Crippen MR) is 67.7 cm³/mol. The van der Waals surface area contributed by atoms with Crippen LogP contribution in [0.3, 0.4) is 0 Å². The topological polar surface area (TPSA) is 59.3 Å². The fourth-order valence-electron chi connectivity index (χ4n) is 1.60. The second-order valence-corrected chi connectivity index (χ2v) is 3.99. The van der Waals surface area contributed by atoms with Crippen molar-refractivity contribution in [2.45, 2.75) is 25.8 Å². The van der Waals surface area contributed by atoms with Gasteiger partial charge in [-0.05, 0) is 30.2 Å². The van der Waals surface area contributed by atoms with E-state index in [9.17, 15) is 13.6 Å². The van der Waals surface area contributed by atoms with E-state index in [1.54, 1.807) is 13.0 Å². The first-order chi connectivity index (χ1) is 9.51. The van der Waals surface area contributed by atoms with E-state index in [4.69, 9.17) is 21.6 Å². The van der Waals surface area contributed by atoms with Gasteiger partial charge in [0.05, 0.1) is 18.6 Å². The van der Waals surface area contributed by atoms with E-state index < -0.39 is 12.6 Å². The molecule has 0 fully saturated rings. The van der Waals surface area contributed by atoms with Gasteiger partial charge in [-0.1, -0.05) is 0 Å². The number of carbonyl (C=O) groups is 1. The largest absolute Gasteiger partial charge is 0.466 e. The third kappa shape index (κ3) is 4.35. The Hall–Kier alpha value is -1.87. The van der Waals surface area contributed by atoms with E-state index in [2.05, 4.69) is 4.74 Å². The first-order valence-electron chi connectivity index (χ1n) is 5.74. The Kier molecular flexibility index (Phi) is 6.19. The van der Waals surface area contributed by atoms with Crippen molar-refractivity contribution in [2.75, 3.05) is 6.61 Å². The third-order valence-corrected chi connectivity index (χ3v) is 2.71. The number of hydrogen-bond acceptors (Lipinski definition) is 4. The van der Waals surface area contributed by atoms with Crippen LogP contribution in [0.15, 0.2) is 12.1 Å². The number of rotatable bonds is 6. The second-order valence-electron chi connectivity index (χ2n) is 3.72. The molecule has 0 N–H and O–H groups in total. The highest BCUT2D eigenvalue weighted by atomic mass is 35.5. The Morgan fingerprint density at radius 2 is 2.15 bits per heavy atom. The van der Waals surface area contributed by atoms with Crippen LogP contribution in [0.5, 0.6) is 5.75 Å². The number of nitrogens with zero attached hydrogens (tertiary/aromatic N) is 1. The molecule has 0 saturated heterocycles. The number of carbonyl (C=O) groups excluding carboxylic acids is 1. The van der Waals surface area contributed by atoms with Crippen LogP contribution < -0.4 is 4.74 Å². The summed E-state index contributed by atoms with van der Waals surface area (Å²) >= 11 is 5.73. The smallest absolute Gasteiger partial charge is 0.387 e. The third-order valence-electron chi connectivity index (χ3n) is 2.42. The van der Waals surface area contributed by atoms with Crippen molar-refractivity contribution in [1.82, 2.24) is 0 Å². The molecule has 20 heavy (non-hydrogen) atoms. The van der Waals surface area contributed by atoms with Gasteiger partial charge in [0.25, 0.3) is 0 Å². The maximum Gasteiger partial charge on any atom is 0.387 e. The van der Waals surface area contributed by atoms with Crippen LogP contribution in [0.25, 0.3) is 0 Å². The van der Waals surface area contributed by atoms with Gasteiger partial charge in [-0.15, -0.1) is 11.6 Å². The lowest BCUT2D eigenvalue weighted by Gasteiger charge is -2.12. The minimum Gasteiger partial charge on any atom is -0.466 e. The number of nitriles is 1. The quantitative estimate of drug-likeness (QED) is 0.599. The number of hydrogen-bond donors (Lipinski definition) is 0. The maximum absolute atomic E-state index is 12.3.